The van der Waals surface area contributed by atoms with Crippen LogP contribution in [0.2, 0.25) is 0 Å². The molecule has 1 aliphatic carbocycles. The molecule has 1 aliphatic rings. The largest absolute Gasteiger partial charge is 0.352 e. The summed E-state index contributed by atoms with van der Waals surface area (Å²) in [5.74, 6) is 0.576. The Kier molecular flexibility index (Phi) is 7.42. The van der Waals surface area contributed by atoms with Gasteiger partial charge in [0.05, 0.1) is 6.54 Å². The van der Waals surface area contributed by atoms with Gasteiger partial charge in [0.15, 0.2) is 0 Å². The maximum Gasteiger partial charge on any atom is 0.251 e. The Balaban J connectivity index is 1.68. The van der Waals surface area contributed by atoms with Gasteiger partial charge < -0.3 is 16.0 Å². The molecule has 5 nitrogen and oxygen atoms in total. The van der Waals surface area contributed by atoms with Gasteiger partial charge in [-0.05, 0) is 78.4 Å². The Morgan fingerprint density at radius 1 is 1.00 bits per heavy atom. The monoisotopic (exact) mass is 373 g/mol. The number of hydrogen-bond donors (Lipinski definition) is 3. The average Bonchev–Trinajstić information content (AvgIpc) is 2.56. The summed E-state index contributed by atoms with van der Waals surface area (Å²) in [6.07, 6.45) is 4.25. The van der Waals surface area contributed by atoms with Crippen molar-refractivity contribution in [1.82, 2.24) is 16.0 Å². The standard InChI is InChI=1S/C22H35N3O2/c1-15-10-16(2)12-18(11-15)21(27)24-13-17-6-8-19(9-7-17)23-14-20(26)25-22(3,4)5/h10-12,17,19,23H,6-9,13-14H2,1-5H3,(H,24,27)(H,25,26). The highest BCUT2D eigenvalue weighted by molar-refractivity contribution is 5.94. The summed E-state index contributed by atoms with van der Waals surface area (Å²) in [6.45, 7) is 11.1. The molecular formula is C22H35N3O2. The van der Waals surface area contributed by atoms with E-state index in [-0.39, 0.29) is 17.4 Å². The van der Waals surface area contributed by atoms with Crippen LogP contribution in [0.3, 0.4) is 0 Å². The summed E-state index contributed by atoms with van der Waals surface area (Å²) in [5, 5.41) is 9.43. The summed E-state index contributed by atoms with van der Waals surface area (Å²) >= 11 is 0. The molecule has 0 unspecified atom stereocenters. The summed E-state index contributed by atoms with van der Waals surface area (Å²) in [5.41, 5.74) is 2.78. The number of amides is 2. The van der Waals surface area contributed by atoms with E-state index in [0.29, 0.717) is 18.5 Å². The zero-order valence-corrected chi connectivity index (χ0v) is 17.4. The van der Waals surface area contributed by atoms with E-state index in [9.17, 15) is 9.59 Å². The van der Waals surface area contributed by atoms with Gasteiger partial charge in [0.25, 0.3) is 5.91 Å². The van der Waals surface area contributed by atoms with Crippen LogP contribution in [0.4, 0.5) is 0 Å². The van der Waals surface area contributed by atoms with Crippen molar-refractivity contribution in [3.8, 4) is 0 Å². The summed E-state index contributed by atoms with van der Waals surface area (Å²) < 4.78 is 0. The number of rotatable bonds is 6. The molecule has 0 atom stereocenters. The van der Waals surface area contributed by atoms with Crippen LogP contribution in [0, 0.1) is 19.8 Å². The Labute approximate surface area is 163 Å². The predicted molar refractivity (Wildman–Crippen MR) is 110 cm³/mol. The molecule has 0 heterocycles. The highest BCUT2D eigenvalue weighted by Gasteiger charge is 2.22. The molecule has 1 saturated carbocycles. The smallest absolute Gasteiger partial charge is 0.251 e. The van der Waals surface area contributed by atoms with Gasteiger partial charge in [-0.3, -0.25) is 9.59 Å². The van der Waals surface area contributed by atoms with Crippen LogP contribution in [-0.4, -0.2) is 36.5 Å². The first-order valence-corrected chi connectivity index (χ1v) is 10.0. The lowest BCUT2D eigenvalue weighted by molar-refractivity contribution is -0.121. The van der Waals surface area contributed by atoms with Crippen molar-refractivity contribution in [2.75, 3.05) is 13.1 Å². The van der Waals surface area contributed by atoms with Crippen LogP contribution < -0.4 is 16.0 Å². The van der Waals surface area contributed by atoms with Crippen LogP contribution in [0.25, 0.3) is 0 Å². The molecule has 5 heteroatoms. The van der Waals surface area contributed by atoms with Crippen molar-refractivity contribution in [3.63, 3.8) is 0 Å². The highest BCUT2D eigenvalue weighted by Crippen LogP contribution is 2.23. The fourth-order valence-electron chi connectivity index (χ4n) is 3.72. The fraction of sp³-hybridized carbons (Fsp3) is 0.636. The van der Waals surface area contributed by atoms with Gasteiger partial charge >= 0.3 is 0 Å². The molecule has 0 spiro atoms. The molecule has 0 radical (unpaired) electrons. The summed E-state index contributed by atoms with van der Waals surface area (Å²) in [7, 11) is 0. The minimum atomic E-state index is -0.190. The number of aryl methyl sites for hydroxylation is 2. The van der Waals surface area contributed by atoms with Crippen molar-refractivity contribution in [3.05, 3.63) is 34.9 Å². The molecule has 150 valence electrons. The third-order valence-electron chi connectivity index (χ3n) is 4.95. The van der Waals surface area contributed by atoms with Gasteiger partial charge in [0.2, 0.25) is 5.91 Å². The molecule has 0 aromatic heterocycles. The molecule has 2 rings (SSSR count). The molecule has 2 amide bonds. The molecule has 0 bridgehead atoms. The lowest BCUT2D eigenvalue weighted by atomic mass is 9.86. The Morgan fingerprint density at radius 2 is 1.59 bits per heavy atom. The van der Waals surface area contributed by atoms with Gasteiger partial charge in [0.1, 0.15) is 0 Å². The first-order valence-electron chi connectivity index (χ1n) is 10.0. The van der Waals surface area contributed by atoms with E-state index in [0.717, 1.165) is 48.9 Å². The second-order valence-electron chi connectivity index (χ2n) is 8.98. The van der Waals surface area contributed by atoms with Crippen molar-refractivity contribution >= 4 is 11.8 Å². The normalized spacial score (nSPS) is 20.2. The van der Waals surface area contributed by atoms with E-state index in [4.69, 9.17) is 0 Å². The number of nitrogens with one attached hydrogen (secondary N) is 3. The third-order valence-corrected chi connectivity index (χ3v) is 4.95. The lowest BCUT2D eigenvalue weighted by Crippen LogP contribution is -2.47. The van der Waals surface area contributed by atoms with Crippen LogP contribution in [0.5, 0.6) is 0 Å². The van der Waals surface area contributed by atoms with Gasteiger partial charge in [-0.25, -0.2) is 0 Å². The molecule has 0 aliphatic heterocycles. The van der Waals surface area contributed by atoms with Gasteiger partial charge in [-0.2, -0.15) is 0 Å². The van der Waals surface area contributed by atoms with Crippen molar-refractivity contribution < 1.29 is 9.59 Å². The summed E-state index contributed by atoms with van der Waals surface area (Å²) in [6, 6.07) is 6.34. The van der Waals surface area contributed by atoms with Gasteiger partial charge in [-0.15, -0.1) is 0 Å². The second-order valence-corrected chi connectivity index (χ2v) is 8.98. The molecule has 1 aromatic rings. The van der Waals surface area contributed by atoms with Crippen LogP contribution in [0.15, 0.2) is 18.2 Å². The van der Waals surface area contributed by atoms with Gasteiger partial charge in [0, 0.05) is 23.7 Å². The van der Waals surface area contributed by atoms with Crippen LogP contribution >= 0.6 is 0 Å². The maximum absolute atomic E-state index is 12.4. The van der Waals surface area contributed by atoms with Crippen LogP contribution in [0.1, 0.15) is 67.9 Å². The maximum atomic E-state index is 12.4. The fourth-order valence-corrected chi connectivity index (χ4v) is 3.72. The van der Waals surface area contributed by atoms with E-state index >= 15 is 0 Å². The predicted octanol–water partition coefficient (Wildman–Crippen LogP) is 3.10. The number of carbonyl (C=O) groups excluding carboxylic acids is 2. The Bertz CT molecular complexity index is 636. The van der Waals surface area contributed by atoms with Crippen molar-refractivity contribution in [2.24, 2.45) is 5.92 Å². The first-order chi connectivity index (χ1) is 12.6. The molecule has 1 fully saturated rings. The van der Waals surface area contributed by atoms with Crippen molar-refractivity contribution in [1.29, 1.82) is 0 Å². The zero-order valence-electron chi connectivity index (χ0n) is 17.4. The Morgan fingerprint density at radius 3 is 2.15 bits per heavy atom. The first kappa shape index (κ1) is 21.4. The zero-order chi connectivity index (χ0) is 20.0. The SMILES string of the molecule is Cc1cc(C)cc(C(=O)NCC2CCC(NCC(=O)NC(C)(C)C)CC2)c1. The number of carbonyl (C=O) groups is 2. The van der Waals surface area contributed by atoms with E-state index in [1.54, 1.807) is 0 Å². The van der Waals surface area contributed by atoms with E-state index in [1.807, 2.05) is 46.8 Å². The van der Waals surface area contributed by atoms with Gasteiger partial charge in [-0.1, -0.05) is 17.2 Å². The van der Waals surface area contributed by atoms with E-state index < -0.39 is 0 Å². The second kappa shape index (κ2) is 9.36. The molecule has 1 aromatic carbocycles. The van der Waals surface area contributed by atoms with Crippen molar-refractivity contribution in [2.45, 2.75) is 71.9 Å². The minimum Gasteiger partial charge on any atom is -0.352 e. The number of benzene rings is 1. The van der Waals surface area contributed by atoms with E-state index in [2.05, 4.69) is 22.0 Å². The molecular weight excluding hydrogens is 338 g/mol. The van der Waals surface area contributed by atoms with E-state index in [1.165, 1.54) is 0 Å². The minimum absolute atomic E-state index is 0.0147. The number of hydrogen-bond acceptors (Lipinski definition) is 3. The van der Waals surface area contributed by atoms with Crippen LogP contribution in [-0.2, 0) is 4.79 Å². The molecule has 27 heavy (non-hydrogen) atoms. The third kappa shape index (κ3) is 7.71. The summed E-state index contributed by atoms with van der Waals surface area (Å²) in [4.78, 5) is 24.3. The quantitative estimate of drug-likeness (QED) is 0.718. The molecule has 0 saturated heterocycles. The molecule has 3 N–H and O–H groups in total. The average molecular weight is 374 g/mol. The Hall–Kier alpha value is -1.88. The highest BCUT2D eigenvalue weighted by atomic mass is 16.2. The topological polar surface area (TPSA) is 70.2 Å². The lowest BCUT2D eigenvalue weighted by Gasteiger charge is -2.29.